The molecule has 1 saturated heterocycles. The predicted octanol–water partition coefficient (Wildman–Crippen LogP) is 3.67. The molecule has 2 N–H and O–H groups in total. The largest absolute Gasteiger partial charge is 0.326 e. The summed E-state index contributed by atoms with van der Waals surface area (Å²) in [6.07, 6.45) is 6.83. The monoisotopic (exact) mass is 241 g/mol. The second-order valence-corrected chi connectivity index (χ2v) is 8.10. The summed E-state index contributed by atoms with van der Waals surface area (Å²) in [5, 5.41) is 0. The molecule has 0 radical (unpaired) electrons. The Labute approximate surface area is 105 Å². The average molecular weight is 241 g/mol. The summed E-state index contributed by atoms with van der Waals surface area (Å²) in [7, 11) is 0. The van der Waals surface area contributed by atoms with E-state index in [1.165, 1.54) is 37.9 Å². The Hall–Kier alpha value is 0.310. The van der Waals surface area contributed by atoms with Crippen LogP contribution in [-0.4, -0.2) is 16.5 Å². The molecule has 16 heavy (non-hydrogen) atoms. The highest BCUT2D eigenvalue weighted by Gasteiger charge is 2.41. The molecule has 2 heteroatoms. The van der Waals surface area contributed by atoms with E-state index in [1.807, 2.05) is 0 Å². The van der Waals surface area contributed by atoms with Crippen molar-refractivity contribution in [2.45, 2.75) is 63.7 Å². The van der Waals surface area contributed by atoms with Gasteiger partial charge >= 0.3 is 0 Å². The van der Waals surface area contributed by atoms with Gasteiger partial charge in [-0.2, -0.15) is 11.8 Å². The van der Waals surface area contributed by atoms with Gasteiger partial charge in [0.25, 0.3) is 0 Å². The van der Waals surface area contributed by atoms with Gasteiger partial charge in [0, 0.05) is 10.8 Å². The van der Waals surface area contributed by atoms with Gasteiger partial charge in [0.1, 0.15) is 0 Å². The van der Waals surface area contributed by atoms with E-state index in [4.69, 9.17) is 5.73 Å². The number of nitrogens with two attached hydrogens (primary N) is 1. The van der Waals surface area contributed by atoms with Gasteiger partial charge in [0.2, 0.25) is 0 Å². The lowest BCUT2D eigenvalue weighted by Gasteiger charge is -2.41. The SMILES string of the molecule is CC1CC(C)CC(C(N)C2(C)CCCS2)C1. The zero-order valence-corrected chi connectivity index (χ0v) is 11.9. The summed E-state index contributed by atoms with van der Waals surface area (Å²) in [6.45, 7) is 7.21. The van der Waals surface area contributed by atoms with Crippen molar-refractivity contribution < 1.29 is 0 Å². The first-order chi connectivity index (χ1) is 7.51. The molecule has 94 valence electrons. The predicted molar refractivity (Wildman–Crippen MR) is 73.7 cm³/mol. The highest BCUT2D eigenvalue weighted by molar-refractivity contribution is 8.00. The zero-order chi connectivity index (χ0) is 11.8. The molecule has 1 saturated carbocycles. The lowest BCUT2D eigenvalue weighted by molar-refractivity contribution is 0.176. The van der Waals surface area contributed by atoms with Crippen LogP contribution in [-0.2, 0) is 0 Å². The smallest absolute Gasteiger partial charge is 0.0285 e. The molecule has 1 aliphatic carbocycles. The average Bonchev–Trinajstić information content (AvgIpc) is 2.64. The third-order valence-electron chi connectivity index (χ3n) is 4.68. The molecule has 0 bridgehead atoms. The van der Waals surface area contributed by atoms with Crippen LogP contribution in [0.1, 0.15) is 52.9 Å². The Balaban J connectivity index is 2.00. The molecule has 2 aliphatic rings. The molecule has 1 aliphatic heterocycles. The van der Waals surface area contributed by atoms with Crippen molar-refractivity contribution in [3.05, 3.63) is 0 Å². The number of thioether (sulfide) groups is 1. The number of hydrogen-bond acceptors (Lipinski definition) is 2. The topological polar surface area (TPSA) is 26.0 Å². The van der Waals surface area contributed by atoms with Crippen LogP contribution in [0.15, 0.2) is 0 Å². The summed E-state index contributed by atoms with van der Waals surface area (Å²) in [5.41, 5.74) is 6.59. The summed E-state index contributed by atoms with van der Waals surface area (Å²) < 4.78 is 0.376. The highest BCUT2D eigenvalue weighted by Crippen LogP contribution is 2.45. The highest BCUT2D eigenvalue weighted by atomic mass is 32.2. The molecule has 0 spiro atoms. The van der Waals surface area contributed by atoms with E-state index >= 15 is 0 Å². The fourth-order valence-corrected chi connectivity index (χ4v) is 5.29. The Morgan fingerprint density at radius 3 is 2.31 bits per heavy atom. The maximum Gasteiger partial charge on any atom is 0.0285 e. The van der Waals surface area contributed by atoms with Gasteiger partial charge < -0.3 is 5.73 Å². The van der Waals surface area contributed by atoms with Crippen LogP contribution in [0.5, 0.6) is 0 Å². The summed E-state index contributed by atoms with van der Waals surface area (Å²) in [6, 6.07) is 0.421. The van der Waals surface area contributed by atoms with Gasteiger partial charge in [-0.1, -0.05) is 13.8 Å². The van der Waals surface area contributed by atoms with Crippen molar-refractivity contribution in [1.82, 2.24) is 0 Å². The fourth-order valence-electron chi connectivity index (χ4n) is 3.86. The Morgan fingerprint density at radius 2 is 1.81 bits per heavy atom. The van der Waals surface area contributed by atoms with Crippen LogP contribution in [0.25, 0.3) is 0 Å². The van der Waals surface area contributed by atoms with Crippen molar-refractivity contribution in [2.24, 2.45) is 23.5 Å². The molecule has 4 atom stereocenters. The molecular formula is C14H27NS. The minimum Gasteiger partial charge on any atom is -0.326 e. The molecule has 0 aromatic heterocycles. The summed E-state index contributed by atoms with van der Waals surface area (Å²) in [5.74, 6) is 3.86. The molecule has 2 fully saturated rings. The minimum absolute atomic E-state index is 0.376. The van der Waals surface area contributed by atoms with E-state index in [0.29, 0.717) is 10.8 Å². The zero-order valence-electron chi connectivity index (χ0n) is 11.0. The first-order valence-electron chi connectivity index (χ1n) is 6.91. The number of rotatable bonds is 2. The van der Waals surface area contributed by atoms with Crippen molar-refractivity contribution in [3.8, 4) is 0 Å². The third kappa shape index (κ3) is 2.59. The van der Waals surface area contributed by atoms with Crippen molar-refractivity contribution in [2.75, 3.05) is 5.75 Å². The summed E-state index contributed by atoms with van der Waals surface area (Å²) in [4.78, 5) is 0. The van der Waals surface area contributed by atoms with E-state index in [9.17, 15) is 0 Å². The maximum atomic E-state index is 6.59. The first-order valence-corrected chi connectivity index (χ1v) is 7.89. The van der Waals surface area contributed by atoms with Crippen LogP contribution in [0.4, 0.5) is 0 Å². The van der Waals surface area contributed by atoms with E-state index < -0.39 is 0 Å². The van der Waals surface area contributed by atoms with E-state index in [2.05, 4.69) is 32.5 Å². The summed E-state index contributed by atoms with van der Waals surface area (Å²) >= 11 is 2.12. The molecule has 4 unspecified atom stereocenters. The first kappa shape index (κ1) is 12.8. The second-order valence-electron chi connectivity index (χ2n) is 6.47. The van der Waals surface area contributed by atoms with Crippen molar-refractivity contribution >= 4 is 11.8 Å². The second kappa shape index (κ2) is 4.89. The van der Waals surface area contributed by atoms with Crippen LogP contribution >= 0.6 is 11.8 Å². The van der Waals surface area contributed by atoms with Crippen LogP contribution in [0, 0.1) is 17.8 Å². The van der Waals surface area contributed by atoms with E-state index in [1.54, 1.807) is 0 Å². The lowest BCUT2D eigenvalue weighted by atomic mass is 9.71. The van der Waals surface area contributed by atoms with E-state index in [-0.39, 0.29) is 0 Å². The van der Waals surface area contributed by atoms with Gasteiger partial charge in [-0.15, -0.1) is 0 Å². The van der Waals surface area contributed by atoms with Gasteiger partial charge in [-0.3, -0.25) is 0 Å². The van der Waals surface area contributed by atoms with E-state index in [0.717, 1.165) is 17.8 Å². The quantitative estimate of drug-likeness (QED) is 0.798. The Bertz CT molecular complexity index is 225. The molecule has 0 aromatic carbocycles. The molecule has 1 heterocycles. The van der Waals surface area contributed by atoms with Gasteiger partial charge in [-0.25, -0.2) is 0 Å². The maximum absolute atomic E-state index is 6.59. The van der Waals surface area contributed by atoms with Gasteiger partial charge in [0.15, 0.2) is 0 Å². The standard InChI is InChI=1S/C14H27NS/c1-10-7-11(2)9-12(8-10)13(15)14(3)5-4-6-16-14/h10-13H,4-9,15H2,1-3H3. The van der Waals surface area contributed by atoms with Crippen molar-refractivity contribution in [1.29, 1.82) is 0 Å². The lowest BCUT2D eigenvalue weighted by Crippen LogP contribution is -2.48. The molecule has 0 amide bonds. The Morgan fingerprint density at radius 1 is 1.19 bits per heavy atom. The third-order valence-corrected chi connectivity index (χ3v) is 6.31. The number of hydrogen-bond donors (Lipinski definition) is 1. The molecule has 0 aromatic rings. The molecular weight excluding hydrogens is 214 g/mol. The fraction of sp³-hybridized carbons (Fsp3) is 1.00. The minimum atomic E-state index is 0.376. The normalized spacial score (nSPS) is 46.9. The van der Waals surface area contributed by atoms with Crippen LogP contribution in [0.3, 0.4) is 0 Å². The van der Waals surface area contributed by atoms with Crippen LogP contribution in [0.2, 0.25) is 0 Å². The van der Waals surface area contributed by atoms with Crippen LogP contribution < -0.4 is 5.73 Å². The molecule has 1 nitrogen and oxygen atoms in total. The van der Waals surface area contributed by atoms with Crippen molar-refractivity contribution in [3.63, 3.8) is 0 Å². The Kier molecular flexibility index (Phi) is 3.90. The van der Waals surface area contributed by atoms with Gasteiger partial charge in [-0.05, 0) is 62.5 Å². The molecule has 2 rings (SSSR count). The van der Waals surface area contributed by atoms with Gasteiger partial charge in [0.05, 0.1) is 0 Å².